The largest absolute Gasteiger partial charge is 0.310 e. The van der Waals surface area contributed by atoms with E-state index in [0.29, 0.717) is 0 Å². The molecule has 0 aromatic rings. The predicted molar refractivity (Wildman–Crippen MR) is 81.4 cm³/mol. The highest BCUT2D eigenvalue weighted by Gasteiger charge is 2.29. The van der Waals surface area contributed by atoms with Gasteiger partial charge in [0.25, 0.3) is 0 Å². The number of rotatable bonds is 5. The van der Waals surface area contributed by atoms with Gasteiger partial charge in [-0.1, -0.05) is 26.2 Å². The Morgan fingerprint density at radius 2 is 1.63 bits per heavy atom. The van der Waals surface area contributed by atoms with E-state index in [1.54, 1.807) is 0 Å². The maximum Gasteiger partial charge on any atom is 0.0198 e. The lowest BCUT2D eigenvalue weighted by Crippen LogP contribution is -2.47. The van der Waals surface area contributed by atoms with Crippen LogP contribution >= 0.6 is 0 Å². The van der Waals surface area contributed by atoms with E-state index in [1.165, 1.54) is 77.4 Å². The van der Waals surface area contributed by atoms with E-state index in [4.69, 9.17) is 0 Å². The van der Waals surface area contributed by atoms with Crippen LogP contribution in [-0.4, -0.2) is 36.6 Å². The second-order valence-corrected chi connectivity index (χ2v) is 7.33. The minimum absolute atomic E-state index is 0.799. The van der Waals surface area contributed by atoms with Gasteiger partial charge in [0.15, 0.2) is 0 Å². The molecule has 0 amide bonds. The molecule has 2 nitrogen and oxygen atoms in total. The van der Waals surface area contributed by atoms with Gasteiger partial charge >= 0.3 is 0 Å². The zero-order chi connectivity index (χ0) is 13.1. The van der Waals surface area contributed by atoms with Gasteiger partial charge in [-0.25, -0.2) is 0 Å². The first kappa shape index (κ1) is 13.9. The van der Waals surface area contributed by atoms with E-state index in [1.807, 2.05) is 0 Å². The van der Waals surface area contributed by atoms with Gasteiger partial charge in [0.05, 0.1) is 0 Å². The number of nitrogens with one attached hydrogen (secondary N) is 1. The first-order chi connectivity index (χ1) is 9.33. The number of hydrogen-bond acceptors (Lipinski definition) is 2. The third kappa shape index (κ3) is 4.19. The minimum atomic E-state index is 0.799. The Hall–Kier alpha value is -0.0800. The minimum Gasteiger partial charge on any atom is -0.310 e. The summed E-state index contributed by atoms with van der Waals surface area (Å²) in [6.07, 6.45) is 13.1. The third-order valence-electron chi connectivity index (χ3n) is 5.61. The van der Waals surface area contributed by atoms with Crippen molar-refractivity contribution in [1.29, 1.82) is 0 Å². The molecule has 0 aromatic carbocycles. The van der Waals surface area contributed by atoms with Crippen molar-refractivity contribution < 1.29 is 0 Å². The van der Waals surface area contributed by atoms with Crippen molar-refractivity contribution in [2.45, 2.75) is 76.8 Å². The molecule has 3 fully saturated rings. The molecule has 19 heavy (non-hydrogen) atoms. The summed E-state index contributed by atoms with van der Waals surface area (Å²) in [5.74, 6) is 2.05. The lowest BCUT2D eigenvalue weighted by atomic mass is 9.80. The van der Waals surface area contributed by atoms with Crippen LogP contribution in [0.3, 0.4) is 0 Å². The Balaban J connectivity index is 1.39. The zero-order valence-corrected chi connectivity index (χ0v) is 12.7. The Morgan fingerprint density at radius 3 is 2.32 bits per heavy atom. The molecule has 2 aliphatic carbocycles. The molecule has 0 bridgehead atoms. The van der Waals surface area contributed by atoms with Crippen molar-refractivity contribution >= 4 is 0 Å². The molecule has 3 rings (SSSR count). The number of likely N-dealkylation sites (tertiary alicyclic amines) is 1. The van der Waals surface area contributed by atoms with Gasteiger partial charge in [-0.05, 0) is 56.9 Å². The standard InChI is InChI=1S/C17H32N2/c1-2-14-5-7-15(8-6-14)12-19-11-3-4-17(13-19)18-16-9-10-16/h14-18H,2-13H2,1H3. The molecule has 1 unspecified atom stereocenters. The summed E-state index contributed by atoms with van der Waals surface area (Å²) >= 11 is 0. The van der Waals surface area contributed by atoms with Crippen molar-refractivity contribution in [1.82, 2.24) is 10.2 Å². The van der Waals surface area contributed by atoms with Crippen LogP contribution < -0.4 is 5.32 Å². The van der Waals surface area contributed by atoms with Crippen molar-refractivity contribution in [3.63, 3.8) is 0 Å². The quantitative estimate of drug-likeness (QED) is 0.818. The van der Waals surface area contributed by atoms with Gasteiger partial charge < -0.3 is 10.2 Å². The van der Waals surface area contributed by atoms with Crippen LogP contribution in [0, 0.1) is 11.8 Å². The fraction of sp³-hybridized carbons (Fsp3) is 1.00. The SMILES string of the molecule is CCC1CCC(CN2CCCC(NC3CC3)C2)CC1. The second kappa shape index (κ2) is 6.58. The molecule has 3 aliphatic rings. The normalized spacial score (nSPS) is 37.4. The van der Waals surface area contributed by atoms with Crippen LogP contribution in [0.4, 0.5) is 0 Å². The molecule has 1 heterocycles. The van der Waals surface area contributed by atoms with Crippen LogP contribution in [-0.2, 0) is 0 Å². The van der Waals surface area contributed by atoms with Crippen molar-refractivity contribution in [2.75, 3.05) is 19.6 Å². The van der Waals surface area contributed by atoms with Crippen LogP contribution in [0.15, 0.2) is 0 Å². The molecule has 1 aliphatic heterocycles. The fourth-order valence-electron chi connectivity index (χ4n) is 4.13. The predicted octanol–water partition coefficient (Wildman–Crippen LogP) is 3.42. The lowest BCUT2D eigenvalue weighted by molar-refractivity contribution is 0.138. The van der Waals surface area contributed by atoms with Crippen molar-refractivity contribution in [3.05, 3.63) is 0 Å². The first-order valence-corrected chi connectivity index (χ1v) is 8.82. The number of nitrogens with zero attached hydrogens (tertiary/aromatic N) is 1. The Morgan fingerprint density at radius 1 is 0.895 bits per heavy atom. The molecule has 110 valence electrons. The average molecular weight is 264 g/mol. The summed E-state index contributed by atoms with van der Waals surface area (Å²) in [4.78, 5) is 2.76. The van der Waals surface area contributed by atoms with Gasteiger partial charge in [0.1, 0.15) is 0 Å². The maximum absolute atomic E-state index is 3.83. The van der Waals surface area contributed by atoms with Gasteiger partial charge in [-0.2, -0.15) is 0 Å². The topological polar surface area (TPSA) is 15.3 Å². The van der Waals surface area contributed by atoms with Crippen molar-refractivity contribution in [3.8, 4) is 0 Å². The highest BCUT2D eigenvalue weighted by Crippen LogP contribution is 2.31. The van der Waals surface area contributed by atoms with E-state index in [2.05, 4.69) is 17.1 Å². The van der Waals surface area contributed by atoms with Crippen molar-refractivity contribution in [2.24, 2.45) is 11.8 Å². The van der Waals surface area contributed by atoms with Gasteiger partial charge in [0, 0.05) is 25.2 Å². The zero-order valence-electron chi connectivity index (χ0n) is 12.7. The van der Waals surface area contributed by atoms with Crippen LogP contribution in [0.2, 0.25) is 0 Å². The summed E-state index contributed by atoms with van der Waals surface area (Å²) in [7, 11) is 0. The Kier molecular flexibility index (Phi) is 4.81. The van der Waals surface area contributed by atoms with Gasteiger partial charge in [0.2, 0.25) is 0 Å². The first-order valence-electron chi connectivity index (χ1n) is 8.82. The molecule has 2 heteroatoms. The molecule has 0 radical (unpaired) electrons. The monoisotopic (exact) mass is 264 g/mol. The average Bonchev–Trinajstić information content (AvgIpc) is 3.24. The third-order valence-corrected chi connectivity index (χ3v) is 5.61. The highest BCUT2D eigenvalue weighted by molar-refractivity contribution is 4.88. The Labute approximate surface area is 119 Å². The highest BCUT2D eigenvalue weighted by atomic mass is 15.2. The van der Waals surface area contributed by atoms with E-state index in [-0.39, 0.29) is 0 Å². The van der Waals surface area contributed by atoms with Gasteiger partial charge in [-0.15, -0.1) is 0 Å². The summed E-state index contributed by atoms with van der Waals surface area (Å²) < 4.78 is 0. The molecule has 1 atom stereocenters. The maximum atomic E-state index is 3.83. The van der Waals surface area contributed by atoms with E-state index >= 15 is 0 Å². The summed E-state index contributed by atoms with van der Waals surface area (Å²) in [5.41, 5.74) is 0. The lowest BCUT2D eigenvalue weighted by Gasteiger charge is -2.37. The summed E-state index contributed by atoms with van der Waals surface area (Å²) in [6, 6.07) is 1.68. The van der Waals surface area contributed by atoms with E-state index < -0.39 is 0 Å². The Bertz CT molecular complexity index is 266. The summed E-state index contributed by atoms with van der Waals surface area (Å²) in [6.45, 7) is 6.43. The molecule has 0 spiro atoms. The van der Waals surface area contributed by atoms with Crippen LogP contribution in [0.25, 0.3) is 0 Å². The van der Waals surface area contributed by atoms with Gasteiger partial charge in [-0.3, -0.25) is 0 Å². The fourth-order valence-corrected chi connectivity index (χ4v) is 4.13. The molecule has 1 N–H and O–H groups in total. The molecule has 1 saturated heterocycles. The molecule has 2 saturated carbocycles. The molecular weight excluding hydrogens is 232 g/mol. The van der Waals surface area contributed by atoms with Crippen LogP contribution in [0.1, 0.15) is 64.7 Å². The smallest absolute Gasteiger partial charge is 0.0198 e. The van der Waals surface area contributed by atoms with E-state index in [0.717, 1.165) is 23.9 Å². The van der Waals surface area contributed by atoms with Crippen LogP contribution in [0.5, 0.6) is 0 Å². The van der Waals surface area contributed by atoms with E-state index in [9.17, 15) is 0 Å². The summed E-state index contributed by atoms with van der Waals surface area (Å²) in [5, 5.41) is 3.83. The second-order valence-electron chi connectivity index (χ2n) is 7.33. The number of piperidine rings is 1. The number of hydrogen-bond donors (Lipinski definition) is 1. The molecule has 0 aromatic heterocycles. The molecular formula is C17H32N2.